The summed E-state index contributed by atoms with van der Waals surface area (Å²) in [4.78, 5) is 18.1. The van der Waals surface area contributed by atoms with E-state index in [1.165, 1.54) is 0 Å². The predicted octanol–water partition coefficient (Wildman–Crippen LogP) is 1.47. The molecule has 7 nitrogen and oxygen atoms in total. The van der Waals surface area contributed by atoms with Crippen molar-refractivity contribution in [1.29, 1.82) is 0 Å². The third kappa shape index (κ3) is 7.39. The smallest absolute Gasteiger partial charge is 0.305 e. The summed E-state index contributed by atoms with van der Waals surface area (Å²) < 4.78 is 18.3. The van der Waals surface area contributed by atoms with Crippen molar-refractivity contribution >= 4 is 39.7 Å². The number of halogens is 2. The first kappa shape index (κ1) is 13.3. The van der Waals surface area contributed by atoms with E-state index < -0.39 is 12.9 Å². The molecule has 0 radical (unpaired) electrons. The van der Waals surface area contributed by atoms with Crippen molar-refractivity contribution in [3.05, 3.63) is 10.1 Å². The molecule has 0 aliphatic heterocycles. The molecule has 0 fully saturated rings. The molecule has 10 heteroatoms. The Morgan fingerprint density at radius 2 is 2.23 bits per heavy atom. The zero-order valence-corrected chi connectivity index (χ0v) is 10.2. The fourth-order valence-corrected chi connectivity index (χ4v) is 1.43. The molecule has 2 unspecified atom stereocenters. The fraction of sp³-hybridized carbons (Fsp3) is 1.00. The Balaban J connectivity index is 3.89. The van der Waals surface area contributed by atoms with Crippen LogP contribution in [0.2, 0.25) is 0 Å². The van der Waals surface area contributed by atoms with Gasteiger partial charge in [0, 0.05) is 10.2 Å². The molecule has 0 aromatic heterocycles. The highest BCUT2D eigenvalue weighted by molar-refractivity contribution is 9.12. The van der Waals surface area contributed by atoms with Gasteiger partial charge < -0.3 is 4.89 Å². The van der Waals surface area contributed by atoms with Crippen molar-refractivity contribution in [2.45, 2.75) is 4.83 Å². The van der Waals surface area contributed by atoms with E-state index in [-0.39, 0.29) is 11.4 Å². The third-order valence-corrected chi connectivity index (χ3v) is 3.81. The van der Waals surface area contributed by atoms with Gasteiger partial charge >= 0.3 is 12.9 Å². The molecule has 0 amide bonds. The maximum atomic E-state index is 10.7. The summed E-state index contributed by atoms with van der Waals surface area (Å²) in [6.45, 7) is -0.174. The predicted molar refractivity (Wildman–Crippen MR) is 50.4 cm³/mol. The second-order valence-corrected chi connectivity index (χ2v) is 5.12. The van der Waals surface area contributed by atoms with Crippen LogP contribution in [0.25, 0.3) is 0 Å². The number of alkyl halides is 2. The van der Waals surface area contributed by atoms with Crippen LogP contribution in [0, 0.1) is 10.1 Å². The zero-order valence-electron chi connectivity index (χ0n) is 6.13. The van der Waals surface area contributed by atoms with Crippen molar-refractivity contribution in [3.63, 3.8) is 0 Å². The SMILES string of the molecule is O=[N+]([O-])OP(=O)(O)OCC(Br)CBr. The molecule has 0 aromatic carbocycles. The molecule has 0 rings (SSSR count). The van der Waals surface area contributed by atoms with E-state index in [1.54, 1.807) is 0 Å². The zero-order chi connectivity index (χ0) is 10.5. The van der Waals surface area contributed by atoms with Crippen LogP contribution in [0.4, 0.5) is 0 Å². The topological polar surface area (TPSA) is 98.9 Å². The van der Waals surface area contributed by atoms with E-state index in [1.807, 2.05) is 0 Å². The average Bonchev–Trinajstić information content (AvgIpc) is 1.98. The average molecular weight is 343 g/mol. The number of hydrogen-bond acceptors (Lipinski definition) is 5. The van der Waals surface area contributed by atoms with Crippen LogP contribution in [0.3, 0.4) is 0 Å². The number of hydrogen-bond donors (Lipinski definition) is 1. The Morgan fingerprint density at radius 3 is 2.62 bits per heavy atom. The fourth-order valence-electron chi connectivity index (χ4n) is 0.327. The quantitative estimate of drug-likeness (QED) is 0.339. The Bertz CT molecular complexity index is 224. The first-order valence-corrected chi connectivity index (χ1v) is 6.42. The highest BCUT2D eigenvalue weighted by Crippen LogP contribution is 2.43. The van der Waals surface area contributed by atoms with Gasteiger partial charge in [0.1, 0.15) is 0 Å². The second-order valence-electron chi connectivity index (χ2n) is 1.82. The lowest BCUT2D eigenvalue weighted by molar-refractivity contribution is -0.718. The lowest BCUT2D eigenvalue weighted by Gasteiger charge is -2.10. The Hall–Kier alpha value is 0.310. The molecule has 78 valence electrons. The molecule has 0 heterocycles. The maximum absolute atomic E-state index is 10.7. The lowest BCUT2D eigenvalue weighted by Crippen LogP contribution is -2.10. The van der Waals surface area contributed by atoms with Crippen molar-refractivity contribution in [2.24, 2.45) is 0 Å². The van der Waals surface area contributed by atoms with E-state index in [2.05, 4.69) is 41.0 Å². The van der Waals surface area contributed by atoms with Gasteiger partial charge in [-0.2, -0.15) is 4.62 Å². The summed E-state index contributed by atoms with van der Waals surface area (Å²) in [7, 11) is -4.57. The maximum Gasteiger partial charge on any atom is 0.504 e. The minimum Gasteiger partial charge on any atom is -0.305 e. The van der Waals surface area contributed by atoms with Gasteiger partial charge in [0.15, 0.2) is 0 Å². The van der Waals surface area contributed by atoms with E-state index in [9.17, 15) is 14.7 Å². The molecule has 1 N–H and O–H groups in total. The molecule has 0 bridgehead atoms. The number of rotatable bonds is 6. The van der Waals surface area contributed by atoms with Crippen molar-refractivity contribution < 1.29 is 23.7 Å². The van der Waals surface area contributed by atoms with Gasteiger partial charge in [0.25, 0.3) is 0 Å². The summed E-state index contributed by atoms with van der Waals surface area (Å²) in [6, 6.07) is 0. The van der Waals surface area contributed by atoms with Crippen LogP contribution in [-0.4, -0.2) is 26.7 Å². The summed E-state index contributed by atoms with van der Waals surface area (Å²) in [5.41, 5.74) is 0. The number of phosphoric acid groups is 1. The van der Waals surface area contributed by atoms with Crippen molar-refractivity contribution in [1.82, 2.24) is 0 Å². The normalized spacial score (nSPS) is 17.5. The second kappa shape index (κ2) is 5.92. The molecule has 0 aromatic rings. The Labute approximate surface area is 90.4 Å². The summed E-state index contributed by atoms with van der Waals surface area (Å²) in [5.74, 6) is 0. The molecule has 0 aliphatic carbocycles. The van der Waals surface area contributed by atoms with Crippen LogP contribution in [-0.2, 0) is 13.7 Å². The summed E-state index contributed by atoms with van der Waals surface area (Å²) in [6.07, 6.45) is 0. The molecule has 0 saturated carbocycles. The van der Waals surface area contributed by atoms with Gasteiger partial charge in [-0.3, -0.25) is 4.52 Å². The minimum absolute atomic E-state index is 0.174. The van der Waals surface area contributed by atoms with E-state index in [0.717, 1.165) is 0 Å². The monoisotopic (exact) mass is 341 g/mol. The van der Waals surface area contributed by atoms with E-state index in [0.29, 0.717) is 5.33 Å². The van der Waals surface area contributed by atoms with Gasteiger partial charge in [-0.05, 0) is 0 Å². The molecule has 13 heavy (non-hydrogen) atoms. The van der Waals surface area contributed by atoms with Crippen molar-refractivity contribution in [2.75, 3.05) is 11.9 Å². The first-order valence-electron chi connectivity index (χ1n) is 2.89. The van der Waals surface area contributed by atoms with Crippen LogP contribution in [0.5, 0.6) is 0 Å². The van der Waals surface area contributed by atoms with Crippen LogP contribution < -0.4 is 0 Å². The van der Waals surface area contributed by atoms with Gasteiger partial charge in [-0.1, -0.05) is 31.9 Å². The largest absolute Gasteiger partial charge is 0.504 e. The van der Waals surface area contributed by atoms with Crippen LogP contribution in [0.15, 0.2) is 0 Å². The van der Waals surface area contributed by atoms with Gasteiger partial charge in [0.2, 0.25) is 0 Å². The minimum atomic E-state index is -4.57. The molecule has 2 atom stereocenters. The lowest BCUT2D eigenvalue weighted by atomic mass is 10.5. The van der Waals surface area contributed by atoms with Crippen LogP contribution >= 0.6 is 39.7 Å². The van der Waals surface area contributed by atoms with Gasteiger partial charge in [-0.15, -0.1) is 10.1 Å². The number of nitrogens with zero attached hydrogens (tertiary/aromatic N) is 1. The molecular weight excluding hydrogens is 337 g/mol. The molecule has 0 spiro atoms. The van der Waals surface area contributed by atoms with Gasteiger partial charge in [0.05, 0.1) is 6.61 Å². The highest BCUT2D eigenvalue weighted by Gasteiger charge is 2.25. The number of phosphoric ester groups is 1. The standard InChI is InChI=1S/C3H6Br2NO6P/c4-1-3(5)2-11-13(9,10)12-6(7)8/h3H,1-2H2,(H,9,10). The van der Waals surface area contributed by atoms with E-state index in [4.69, 9.17) is 4.89 Å². The Morgan fingerprint density at radius 1 is 1.69 bits per heavy atom. The summed E-state index contributed by atoms with van der Waals surface area (Å²) in [5, 5.41) is 8.78. The summed E-state index contributed by atoms with van der Waals surface area (Å²) >= 11 is 6.13. The molecular formula is C3H6Br2NO6P. The molecule has 0 aliphatic rings. The van der Waals surface area contributed by atoms with Gasteiger partial charge in [-0.25, -0.2) is 4.57 Å². The molecule has 0 saturated heterocycles. The highest BCUT2D eigenvalue weighted by atomic mass is 79.9. The van der Waals surface area contributed by atoms with Crippen molar-refractivity contribution in [3.8, 4) is 0 Å². The Kier molecular flexibility index (Phi) is 6.06. The van der Waals surface area contributed by atoms with Crippen LogP contribution in [0.1, 0.15) is 0 Å². The first-order chi connectivity index (χ1) is 5.87. The van der Waals surface area contributed by atoms with E-state index >= 15 is 0 Å². The third-order valence-electron chi connectivity index (χ3n) is 0.756.